The van der Waals surface area contributed by atoms with Crippen LogP contribution in [0.1, 0.15) is 69.3 Å². The maximum absolute atomic E-state index is 13.4. The maximum atomic E-state index is 13.4. The summed E-state index contributed by atoms with van der Waals surface area (Å²) in [7, 11) is 0. The lowest BCUT2D eigenvalue weighted by atomic mass is 9.68. The molecule has 0 heterocycles. The smallest absolute Gasteiger partial charge is 0.159 e. The second-order valence-corrected chi connectivity index (χ2v) is 7.54. The van der Waals surface area contributed by atoms with Gasteiger partial charge in [0.1, 0.15) is 0 Å². The van der Waals surface area contributed by atoms with Gasteiger partial charge in [0.2, 0.25) is 0 Å². The molecule has 0 nitrogen and oxygen atoms in total. The quantitative estimate of drug-likeness (QED) is 0.601. The van der Waals surface area contributed by atoms with Gasteiger partial charge in [-0.3, -0.25) is 4.39 Å². The average molecular weight is 324 g/mol. The van der Waals surface area contributed by atoms with Crippen LogP contribution in [0.2, 0.25) is 0 Å². The highest BCUT2D eigenvalue weighted by Crippen LogP contribution is 2.44. The van der Waals surface area contributed by atoms with Crippen molar-refractivity contribution >= 4 is 0 Å². The van der Waals surface area contributed by atoms with Crippen LogP contribution in [0, 0.1) is 29.4 Å². The Kier molecular flexibility index (Phi) is 5.66. The lowest BCUT2D eigenvalue weighted by molar-refractivity contribution is 0.153. The minimum absolute atomic E-state index is 0.172. The lowest BCUT2D eigenvalue weighted by Crippen LogP contribution is -2.25. The van der Waals surface area contributed by atoms with Gasteiger partial charge in [0.25, 0.3) is 0 Å². The van der Waals surface area contributed by atoms with E-state index in [0.717, 1.165) is 36.7 Å². The standard InChI is InChI=1S/C20H27F3/c21-12-11-14-1-3-15(4-2-14)16-5-7-17(8-6-16)18-9-10-19(22)20(23)13-18/h9-10,13-17H,1-8,11-12H2/t14-,15-,16-,17-. The van der Waals surface area contributed by atoms with E-state index in [0.29, 0.717) is 11.8 Å². The Balaban J connectivity index is 1.50. The van der Waals surface area contributed by atoms with Crippen molar-refractivity contribution in [3.63, 3.8) is 0 Å². The van der Waals surface area contributed by atoms with Crippen molar-refractivity contribution in [1.29, 1.82) is 0 Å². The molecule has 2 aliphatic carbocycles. The van der Waals surface area contributed by atoms with Crippen LogP contribution in [0.5, 0.6) is 0 Å². The highest BCUT2D eigenvalue weighted by atomic mass is 19.2. The number of rotatable bonds is 4. The highest BCUT2D eigenvalue weighted by molar-refractivity contribution is 5.22. The normalized spacial score (nSPS) is 32.0. The second-order valence-electron chi connectivity index (χ2n) is 7.54. The first-order chi connectivity index (χ1) is 11.2. The van der Waals surface area contributed by atoms with Gasteiger partial charge < -0.3 is 0 Å². The summed E-state index contributed by atoms with van der Waals surface area (Å²) in [6, 6.07) is 4.37. The molecule has 0 spiro atoms. The van der Waals surface area contributed by atoms with Crippen molar-refractivity contribution in [3.05, 3.63) is 35.4 Å². The summed E-state index contributed by atoms with van der Waals surface area (Å²) < 4.78 is 38.9. The first-order valence-electron chi connectivity index (χ1n) is 9.18. The predicted octanol–water partition coefficient (Wildman–Crippen LogP) is 6.40. The van der Waals surface area contributed by atoms with E-state index in [1.54, 1.807) is 6.07 Å². The first kappa shape index (κ1) is 16.9. The molecule has 0 unspecified atom stereocenters. The Morgan fingerprint density at radius 2 is 1.39 bits per heavy atom. The molecule has 0 radical (unpaired) electrons. The highest BCUT2D eigenvalue weighted by Gasteiger charge is 2.31. The average Bonchev–Trinajstić information content (AvgIpc) is 2.59. The molecule has 2 fully saturated rings. The van der Waals surface area contributed by atoms with E-state index in [4.69, 9.17) is 0 Å². The Labute approximate surface area is 137 Å². The summed E-state index contributed by atoms with van der Waals surface area (Å²) in [5.74, 6) is 1.09. The number of halogens is 3. The van der Waals surface area contributed by atoms with Gasteiger partial charge >= 0.3 is 0 Å². The van der Waals surface area contributed by atoms with Crippen LogP contribution in [0.15, 0.2) is 18.2 Å². The van der Waals surface area contributed by atoms with Crippen molar-refractivity contribution in [1.82, 2.24) is 0 Å². The summed E-state index contributed by atoms with van der Waals surface area (Å²) in [6.45, 7) is -0.172. The molecule has 2 aliphatic rings. The van der Waals surface area contributed by atoms with Crippen molar-refractivity contribution in [2.24, 2.45) is 17.8 Å². The Hall–Kier alpha value is -0.990. The molecule has 1 aromatic carbocycles. The van der Waals surface area contributed by atoms with Crippen LogP contribution in [-0.2, 0) is 0 Å². The van der Waals surface area contributed by atoms with Crippen molar-refractivity contribution < 1.29 is 13.2 Å². The van der Waals surface area contributed by atoms with Crippen molar-refractivity contribution in [3.8, 4) is 0 Å². The van der Waals surface area contributed by atoms with E-state index in [1.807, 2.05) is 0 Å². The summed E-state index contributed by atoms with van der Waals surface area (Å²) in [5, 5.41) is 0. The largest absolute Gasteiger partial charge is 0.251 e. The molecule has 1 aromatic rings. The molecule has 0 amide bonds. The monoisotopic (exact) mass is 324 g/mol. The number of alkyl halides is 1. The van der Waals surface area contributed by atoms with Gasteiger partial charge in [0.15, 0.2) is 11.6 Å². The second kappa shape index (κ2) is 7.72. The summed E-state index contributed by atoms with van der Waals surface area (Å²) in [6.07, 6.45) is 10.2. The molecule has 0 atom stereocenters. The maximum Gasteiger partial charge on any atom is 0.159 e. The molecule has 0 N–H and O–H groups in total. The third-order valence-electron chi connectivity index (χ3n) is 6.26. The first-order valence-corrected chi connectivity index (χ1v) is 9.18. The van der Waals surface area contributed by atoms with Crippen LogP contribution < -0.4 is 0 Å². The Morgan fingerprint density at radius 3 is 1.96 bits per heavy atom. The summed E-state index contributed by atoms with van der Waals surface area (Å²) in [5.41, 5.74) is 0.953. The fourth-order valence-corrected chi connectivity index (χ4v) is 4.79. The van der Waals surface area contributed by atoms with E-state index in [2.05, 4.69) is 0 Å². The molecule has 23 heavy (non-hydrogen) atoms. The van der Waals surface area contributed by atoms with Crippen LogP contribution in [0.25, 0.3) is 0 Å². The third-order valence-corrected chi connectivity index (χ3v) is 6.26. The Bertz CT molecular complexity index is 498. The zero-order chi connectivity index (χ0) is 16.2. The third kappa shape index (κ3) is 4.10. The van der Waals surface area contributed by atoms with E-state index >= 15 is 0 Å². The minimum Gasteiger partial charge on any atom is -0.251 e. The van der Waals surface area contributed by atoms with E-state index in [-0.39, 0.29) is 6.67 Å². The molecular weight excluding hydrogens is 297 g/mol. The van der Waals surface area contributed by atoms with Gasteiger partial charge in [-0.25, -0.2) is 8.78 Å². The van der Waals surface area contributed by atoms with Gasteiger partial charge in [0, 0.05) is 0 Å². The zero-order valence-corrected chi connectivity index (χ0v) is 13.7. The molecule has 0 aromatic heterocycles. The predicted molar refractivity (Wildman–Crippen MR) is 87.1 cm³/mol. The zero-order valence-electron chi connectivity index (χ0n) is 13.7. The van der Waals surface area contributed by atoms with E-state index in [1.165, 1.54) is 50.7 Å². The van der Waals surface area contributed by atoms with Gasteiger partial charge in [-0.15, -0.1) is 0 Å². The fraction of sp³-hybridized carbons (Fsp3) is 0.700. The van der Waals surface area contributed by atoms with Crippen LogP contribution in [0.3, 0.4) is 0 Å². The van der Waals surface area contributed by atoms with Gasteiger partial charge in [-0.05, 0) is 86.3 Å². The van der Waals surface area contributed by atoms with Gasteiger partial charge in [0.05, 0.1) is 6.67 Å². The van der Waals surface area contributed by atoms with Gasteiger partial charge in [-0.2, -0.15) is 0 Å². The number of hydrogen-bond acceptors (Lipinski definition) is 0. The molecule has 0 bridgehead atoms. The fourth-order valence-electron chi connectivity index (χ4n) is 4.79. The summed E-state index contributed by atoms with van der Waals surface area (Å²) >= 11 is 0. The van der Waals surface area contributed by atoms with E-state index < -0.39 is 11.6 Å². The Morgan fingerprint density at radius 1 is 0.783 bits per heavy atom. The lowest BCUT2D eigenvalue weighted by Gasteiger charge is -2.38. The topological polar surface area (TPSA) is 0 Å². The molecular formula is C20H27F3. The van der Waals surface area contributed by atoms with Crippen LogP contribution in [-0.4, -0.2) is 6.67 Å². The molecule has 128 valence electrons. The van der Waals surface area contributed by atoms with Gasteiger partial charge in [-0.1, -0.05) is 18.9 Å². The summed E-state index contributed by atoms with van der Waals surface area (Å²) in [4.78, 5) is 0. The minimum atomic E-state index is -0.757. The van der Waals surface area contributed by atoms with Crippen LogP contribution in [0.4, 0.5) is 13.2 Å². The molecule has 3 heteroatoms. The van der Waals surface area contributed by atoms with Crippen LogP contribution >= 0.6 is 0 Å². The van der Waals surface area contributed by atoms with E-state index in [9.17, 15) is 13.2 Å². The van der Waals surface area contributed by atoms with Crippen molar-refractivity contribution in [2.75, 3.05) is 6.67 Å². The number of hydrogen-bond donors (Lipinski definition) is 0. The van der Waals surface area contributed by atoms with Crippen molar-refractivity contribution in [2.45, 2.75) is 63.7 Å². The molecule has 0 aliphatic heterocycles. The number of benzene rings is 1. The molecule has 0 saturated heterocycles. The molecule has 3 rings (SSSR count). The molecule has 2 saturated carbocycles. The SMILES string of the molecule is FCC[C@H]1CC[C@H]([C@H]2CC[C@H](c3ccc(F)c(F)c3)CC2)CC1.